The highest BCUT2D eigenvalue weighted by Gasteiger charge is 2.05. The van der Waals surface area contributed by atoms with E-state index in [1.165, 1.54) is 0 Å². The SMILES string of the molecule is CCNCc1nnc(NCC(C)CC)o1. The predicted molar refractivity (Wildman–Crippen MR) is 59.6 cm³/mol. The molecule has 0 amide bonds. The Balaban J connectivity index is 2.32. The number of rotatable bonds is 7. The van der Waals surface area contributed by atoms with Gasteiger partial charge in [-0.05, 0) is 12.5 Å². The molecule has 0 fully saturated rings. The van der Waals surface area contributed by atoms with E-state index >= 15 is 0 Å². The molecule has 1 rings (SSSR count). The third kappa shape index (κ3) is 4.29. The van der Waals surface area contributed by atoms with Gasteiger partial charge in [0.15, 0.2) is 0 Å². The first-order valence-corrected chi connectivity index (χ1v) is 5.53. The van der Waals surface area contributed by atoms with E-state index in [1.54, 1.807) is 0 Å². The first kappa shape index (κ1) is 12.0. The quantitative estimate of drug-likeness (QED) is 0.719. The molecule has 0 aliphatic heterocycles. The van der Waals surface area contributed by atoms with Gasteiger partial charge in [-0.2, -0.15) is 0 Å². The smallest absolute Gasteiger partial charge is 0.315 e. The van der Waals surface area contributed by atoms with Gasteiger partial charge in [0.05, 0.1) is 6.54 Å². The Morgan fingerprint density at radius 1 is 1.33 bits per heavy atom. The second kappa shape index (κ2) is 6.40. The molecule has 0 aliphatic rings. The minimum atomic E-state index is 0.517. The van der Waals surface area contributed by atoms with Gasteiger partial charge < -0.3 is 15.1 Å². The Hall–Kier alpha value is -1.10. The maximum atomic E-state index is 5.38. The summed E-state index contributed by atoms with van der Waals surface area (Å²) in [5.41, 5.74) is 0. The van der Waals surface area contributed by atoms with Crippen LogP contribution < -0.4 is 10.6 Å². The van der Waals surface area contributed by atoms with Crippen molar-refractivity contribution in [3.05, 3.63) is 5.89 Å². The highest BCUT2D eigenvalue weighted by atomic mass is 16.4. The zero-order valence-corrected chi connectivity index (χ0v) is 9.71. The Bertz CT molecular complexity index is 274. The summed E-state index contributed by atoms with van der Waals surface area (Å²) in [6.07, 6.45) is 1.14. The van der Waals surface area contributed by atoms with Crippen LogP contribution in [-0.4, -0.2) is 23.3 Å². The van der Waals surface area contributed by atoms with Crippen LogP contribution in [0.4, 0.5) is 6.01 Å². The summed E-state index contributed by atoms with van der Waals surface area (Å²) in [4.78, 5) is 0. The van der Waals surface area contributed by atoms with Crippen LogP contribution in [0.1, 0.15) is 33.1 Å². The summed E-state index contributed by atoms with van der Waals surface area (Å²) in [6, 6.07) is 0.517. The van der Waals surface area contributed by atoms with Crippen LogP contribution in [0.2, 0.25) is 0 Å². The lowest BCUT2D eigenvalue weighted by molar-refractivity contribution is 0.476. The molecule has 0 spiro atoms. The number of hydrogen-bond donors (Lipinski definition) is 2. The lowest BCUT2D eigenvalue weighted by Gasteiger charge is -2.06. The Kier molecular flexibility index (Phi) is 5.10. The Morgan fingerprint density at radius 2 is 2.13 bits per heavy atom. The van der Waals surface area contributed by atoms with Gasteiger partial charge in [0.25, 0.3) is 0 Å². The van der Waals surface area contributed by atoms with Crippen LogP contribution in [0, 0.1) is 5.92 Å². The molecule has 0 saturated heterocycles. The number of nitrogens with zero attached hydrogens (tertiary/aromatic N) is 2. The summed E-state index contributed by atoms with van der Waals surface area (Å²) in [5.74, 6) is 1.25. The van der Waals surface area contributed by atoms with Gasteiger partial charge in [-0.3, -0.25) is 0 Å². The second-order valence-electron chi connectivity index (χ2n) is 3.68. The number of nitrogens with one attached hydrogen (secondary N) is 2. The van der Waals surface area contributed by atoms with Crippen molar-refractivity contribution in [1.29, 1.82) is 0 Å². The molecule has 0 aliphatic carbocycles. The maximum absolute atomic E-state index is 5.38. The van der Waals surface area contributed by atoms with Crippen LogP contribution in [0.25, 0.3) is 0 Å². The van der Waals surface area contributed by atoms with Crippen LogP contribution in [0.5, 0.6) is 0 Å². The van der Waals surface area contributed by atoms with E-state index in [-0.39, 0.29) is 0 Å². The summed E-state index contributed by atoms with van der Waals surface area (Å²) >= 11 is 0. The molecule has 0 aromatic carbocycles. The summed E-state index contributed by atoms with van der Waals surface area (Å²) in [5, 5.41) is 14.1. The third-order valence-electron chi connectivity index (χ3n) is 2.29. The van der Waals surface area contributed by atoms with Gasteiger partial charge in [0.1, 0.15) is 0 Å². The molecule has 5 nitrogen and oxygen atoms in total. The zero-order chi connectivity index (χ0) is 11.1. The monoisotopic (exact) mass is 212 g/mol. The van der Waals surface area contributed by atoms with Crippen molar-refractivity contribution in [2.75, 3.05) is 18.4 Å². The van der Waals surface area contributed by atoms with Crippen molar-refractivity contribution < 1.29 is 4.42 Å². The minimum absolute atomic E-state index is 0.517. The molecule has 0 radical (unpaired) electrons. The molecule has 0 saturated carbocycles. The van der Waals surface area contributed by atoms with E-state index in [0.29, 0.717) is 24.4 Å². The van der Waals surface area contributed by atoms with Crippen LogP contribution >= 0.6 is 0 Å². The Labute approximate surface area is 90.7 Å². The van der Waals surface area contributed by atoms with Crippen LogP contribution in [0.15, 0.2) is 4.42 Å². The van der Waals surface area contributed by atoms with E-state index in [1.807, 2.05) is 6.92 Å². The summed E-state index contributed by atoms with van der Waals surface area (Å²) in [6.45, 7) is 8.80. The van der Waals surface area contributed by atoms with Crippen molar-refractivity contribution in [2.24, 2.45) is 5.92 Å². The standard InChI is InChI=1S/C10H20N4O/c1-4-8(3)6-12-10-14-13-9(15-10)7-11-5-2/h8,11H,4-7H2,1-3H3,(H,12,14). The molecule has 1 heterocycles. The fraction of sp³-hybridized carbons (Fsp3) is 0.800. The largest absolute Gasteiger partial charge is 0.407 e. The van der Waals surface area contributed by atoms with Crippen LogP contribution in [0.3, 0.4) is 0 Å². The molecule has 0 bridgehead atoms. The lowest BCUT2D eigenvalue weighted by atomic mass is 10.1. The highest BCUT2D eigenvalue weighted by molar-refractivity contribution is 5.16. The molecule has 5 heteroatoms. The van der Waals surface area contributed by atoms with E-state index in [4.69, 9.17) is 4.42 Å². The van der Waals surface area contributed by atoms with Crippen LogP contribution in [-0.2, 0) is 6.54 Å². The van der Waals surface area contributed by atoms with Crippen molar-refractivity contribution >= 4 is 6.01 Å². The number of anilines is 1. The van der Waals surface area contributed by atoms with Gasteiger partial charge in [-0.1, -0.05) is 32.3 Å². The van der Waals surface area contributed by atoms with Gasteiger partial charge in [-0.25, -0.2) is 0 Å². The van der Waals surface area contributed by atoms with E-state index in [9.17, 15) is 0 Å². The number of hydrogen-bond acceptors (Lipinski definition) is 5. The molecule has 86 valence electrons. The molecule has 1 aromatic heterocycles. The molecular formula is C10H20N4O. The van der Waals surface area contributed by atoms with Gasteiger partial charge in [0, 0.05) is 6.54 Å². The first-order chi connectivity index (χ1) is 7.26. The van der Waals surface area contributed by atoms with Crippen molar-refractivity contribution in [3.63, 3.8) is 0 Å². The summed E-state index contributed by atoms with van der Waals surface area (Å²) < 4.78 is 5.38. The minimum Gasteiger partial charge on any atom is -0.407 e. The topological polar surface area (TPSA) is 63.0 Å². The fourth-order valence-electron chi connectivity index (χ4n) is 1.03. The van der Waals surface area contributed by atoms with E-state index < -0.39 is 0 Å². The molecular weight excluding hydrogens is 192 g/mol. The zero-order valence-electron chi connectivity index (χ0n) is 9.71. The normalized spacial score (nSPS) is 12.7. The van der Waals surface area contributed by atoms with E-state index in [0.717, 1.165) is 19.5 Å². The first-order valence-electron chi connectivity index (χ1n) is 5.53. The molecule has 15 heavy (non-hydrogen) atoms. The van der Waals surface area contributed by atoms with Crippen molar-refractivity contribution in [3.8, 4) is 0 Å². The molecule has 1 atom stereocenters. The molecule has 2 N–H and O–H groups in total. The van der Waals surface area contributed by atoms with Gasteiger partial charge >= 0.3 is 6.01 Å². The Morgan fingerprint density at radius 3 is 2.80 bits per heavy atom. The van der Waals surface area contributed by atoms with Crippen molar-refractivity contribution in [2.45, 2.75) is 33.7 Å². The maximum Gasteiger partial charge on any atom is 0.315 e. The van der Waals surface area contributed by atoms with Crippen molar-refractivity contribution in [1.82, 2.24) is 15.5 Å². The highest BCUT2D eigenvalue weighted by Crippen LogP contribution is 2.07. The fourth-order valence-corrected chi connectivity index (χ4v) is 1.03. The average molecular weight is 212 g/mol. The van der Waals surface area contributed by atoms with Gasteiger partial charge in [-0.15, -0.1) is 5.10 Å². The second-order valence-corrected chi connectivity index (χ2v) is 3.68. The van der Waals surface area contributed by atoms with Gasteiger partial charge in [0.2, 0.25) is 5.89 Å². The summed E-state index contributed by atoms with van der Waals surface area (Å²) in [7, 11) is 0. The molecule has 1 aromatic rings. The third-order valence-corrected chi connectivity index (χ3v) is 2.29. The average Bonchev–Trinajstić information content (AvgIpc) is 2.71. The molecule has 1 unspecified atom stereocenters. The van der Waals surface area contributed by atoms with E-state index in [2.05, 4.69) is 34.7 Å². The number of aromatic nitrogens is 2. The predicted octanol–water partition coefficient (Wildman–Crippen LogP) is 1.64. The lowest BCUT2D eigenvalue weighted by Crippen LogP contribution is -2.11.